The van der Waals surface area contributed by atoms with Crippen LogP contribution in [0.4, 0.5) is 0 Å². The van der Waals surface area contributed by atoms with Crippen LogP contribution in [0.15, 0.2) is 48.5 Å². The Labute approximate surface area is 119 Å². The van der Waals surface area contributed by atoms with Gasteiger partial charge in [0.05, 0.1) is 12.1 Å². The number of carbonyl (C=O) groups is 1. The number of nitrogens with one attached hydrogen (secondary N) is 1. The molecule has 0 atom stereocenters. The Bertz CT molecular complexity index is 693. The average molecular weight is 285 g/mol. The molecule has 20 heavy (non-hydrogen) atoms. The number of aromatic nitrogens is 4. The fraction of sp³-hybridized carbons (Fsp3) is 0.0769. The Kier molecular flexibility index (Phi) is 3.51. The van der Waals surface area contributed by atoms with E-state index in [-0.39, 0.29) is 5.91 Å². The molecule has 0 bridgehead atoms. The highest BCUT2D eigenvalue weighted by atomic mass is 32.1. The summed E-state index contributed by atoms with van der Waals surface area (Å²) in [5.74, 6) is 0.283. The summed E-state index contributed by atoms with van der Waals surface area (Å²) in [5.41, 5.74) is 0.467. The number of hydrogen-bond acceptors (Lipinski definition) is 5. The Hall–Kier alpha value is -2.54. The largest absolute Gasteiger partial charge is 0.347 e. The van der Waals surface area contributed by atoms with E-state index < -0.39 is 0 Å². The van der Waals surface area contributed by atoms with Crippen LogP contribution in [0.1, 0.15) is 15.2 Å². The molecule has 3 heterocycles. The van der Waals surface area contributed by atoms with Gasteiger partial charge in [-0.05, 0) is 23.6 Å². The minimum absolute atomic E-state index is 0.183. The monoisotopic (exact) mass is 285 g/mol. The van der Waals surface area contributed by atoms with Crippen LogP contribution in [0, 0.1) is 0 Å². The summed E-state index contributed by atoms with van der Waals surface area (Å²) < 4.78 is 1.47. The molecule has 7 heteroatoms. The SMILES string of the molecule is O=C(NCc1cccs1)c1cccnc1-n1cncn1. The number of carbonyl (C=O) groups excluding carboxylic acids is 1. The molecule has 0 saturated heterocycles. The van der Waals surface area contributed by atoms with Crippen molar-refractivity contribution in [2.24, 2.45) is 0 Å². The number of amides is 1. The first kappa shape index (κ1) is 12.5. The van der Waals surface area contributed by atoms with Crippen molar-refractivity contribution in [1.82, 2.24) is 25.1 Å². The van der Waals surface area contributed by atoms with Gasteiger partial charge in [0.25, 0.3) is 5.91 Å². The zero-order chi connectivity index (χ0) is 13.8. The third-order valence-corrected chi connectivity index (χ3v) is 3.55. The standard InChI is InChI=1S/C13H11N5OS/c19-13(16-7-10-3-2-6-20-10)11-4-1-5-15-12(11)18-9-14-8-17-18/h1-6,8-9H,7H2,(H,16,19). The van der Waals surface area contributed by atoms with Gasteiger partial charge in [-0.3, -0.25) is 4.79 Å². The lowest BCUT2D eigenvalue weighted by molar-refractivity contribution is 0.0951. The lowest BCUT2D eigenvalue weighted by Crippen LogP contribution is -2.24. The van der Waals surface area contributed by atoms with Crippen LogP contribution in [-0.4, -0.2) is 25.7 Å². The molecule has 0 radical (unpaired) electrons. The van der Waals surface area contributed by atoms with E-state index in [2.05, 4.69) is 20.4 Å². The minimum Gasteiger partial charge on any atom is -0.347 e. The molecular weight excluding hydrogens is 274 g/mol. The maximum Gasteiger partial charge on any atom is 0.255 e. The smallest absolute Gasteiger partial charge is 0.255 e. The van der Waals surface area contributed by atoms with Gasteiger partial charge >= 0.3 is 0 Å². The minimum atomic E-state index is -0.183. The quantitative estimate of drug-likeness (QED) is 0.791. The summed E-state index contributed by atoms with van der Waals surface area (Å²) >= 11 is 1.60. The fourth-order valence-electron chi connectivity index (χ4n) is 1.75. The second kappa shape index (κ2) is 5.62. The summed E-state index contributed by atoms with van der Waals surface area (Å²) in [6.07, 6.45) is 4.54. The van der Waals surface area contributed by atoms with E-state index >= 15 is 0 Å². The number of nitrogens with zero attached hydrogens (tertiary/aromatic N) is 4. The molecule has 0 aliphatic heterocycles. The first-order chi connectivity index (χ1) is 9.84. The lowest BCUT2D eigenvalue weighted by Gasteiger charge is -2.08. The zero-order valence-corrected chi connectivity index (χ0v) is 11.2. The van der Waals surface area contributed by atoms with Crippen molar-refractivity contribution in [2.75, 3.05) is 0 Å². The first-order valence-electron chi connectivity index (χ1n) is 5.95. The first-order valence-corrected chi connectivity index (χ1v) is 6.83. The van der Waals surface area contributed by atoms with E-state index in [9.17, 15) is 4.79 Å². The Balaban J connectivity index is 1.81. The lowest BCUT2D eigenvalue weighted by atomic mass is 10.2. The van der Waals surface area contributed by atoms with Gasteiger partial charge in [0.15, 0.2) is 5.82 Å². The summed E-state index contributed by atoms with van der Waals surface area (Å²) in [6.45, 7) is 0.502. The van der Waals surface area contributed by atoms with Crippen molar-refractivity contribution in [3.05, 3.63) is 58.9 Å². The van der Waals surface area contributed by atoms with E-state index in [0.717, 1.165) is 4.88 Å². The average Bonchev–Trinajstić information content (AvgIpc) is 3.18. The fourth-order valence-corrected chi connectivity index (χ4v) is 2.39. The summed E-state index contributed by atoms with van der Waals surface area (Å²) in [4.78, 5) is 21.4. The van der Waals surface area contributed by atoms with Gasteiger partial charge in [0.2, 0.25) is 0 Å². The van der Waals surface area contributed by atoms with E-state index in [1.165, 1.54) is 17.3 Å². The Morgan fingerprint density at radius 3 is 3.05 bits per heavy atom. The van der Waals surface area contributed by atoms with Crippen molar-refractivity contribution in [3.63, 3.8) is 0 Å². The maximum absolute atomic E-state index is 12.2. The molecule has 0 fully saturated rings. The molecule has 0 unspecified atom stereocenters. The number of pyridine rings is 1. The summed E-state index contributed by atoms with van der Waals surface area (Å²) in [6, 6.07) is 7.37. The molecule has 0 spiro atoms. The van der Waals surface area contributed by atoms with Crippen molar-refractivity contribution in [2.45, 2.75) is 6.54 Å². The third kappa shape index (κ3) is 2.57. The van der Waals surface area contributed by atoms with Crippen molar-refractivity contribution < 1.29 is 4.79 Å². The van der Waals surface area contributed by atoms with Gasteiger partial charge in [-0.15, -0.1) is 11.3 Å². The molecule has 100 valence electrons. The van der Waals surface area contributed by atoms with Gasteiger partial charge in [-0.25, -0.2) is 14.6 Å². The molecule has 3 aromatic heterocycles. The molecule has 1 amide bonds. The Morgan fingerprint density at radius 2 is 2.30 bits per heavy atom. The predicted molar refractivity (Wildman–Crippen MR) is 74.6 cm³/mol. The number of thiophene rings is 1. The molecule has 0 saturated carbocycles. The van der Waals surface area contributed by atoms with E-state index in [0.29, 0.717) is 17.9 Å². The molecule has 0 aromatic carbocycles. The van der Waals surface area contributed by atoms with Crippen molar-refractivity contribution in [3.8, 4) is 5.82 Å². The Morgan fingerprint density at radius 1 is 1.35 bits per heavy atom. The molecule has 3 aromatic rings. The van der Waals surface area contributed by atoms with E-state index in [1.807, 2.05) is 17.5 Å². The van der Waals surface area contributed by atoms with E-state index in [1.54, 1.807) is 29.7 Å². The van der Waals surface area contributed by atoms with Gasteiger partial charge in [0, 0.05) is 11.1 Å². The van der Waals surface area contributed by atoms with Crippen LogP contribution in [0.3, 0.4) is 0 Å². The van der Waals surface area contributed by atoms with Crippen LogP contribution in [-0.2, 0) is 6.54 Å². The summed E-state index contributed by atoms with van der Waals surface area (Å²) in [7, 11) is 0. The predicted octanol–water partition coefficient (Wildman–Crippen LogP) is 1.65. The topological polar surface area (TPSA) is 72.7 Å². The molecule has 1 N–H and O–H groups in total. The van der Waals surface area contributed by atoms with Crippen LogP contribution < -0.4 is 5.32 Å². The van der Waals surface area contributed by atoms with Crippen LogP contribution in [0.2, 0.25) is 0 Å². The molecule has 0 aliphatic carbocycles. The highest BCUT2D eigenvalue weighted by Crippen LogP contribution is 2.11. The molecule has 6 nitrogen and oxygen atoms in total. The molecular formula is C13H11N5OS. The third-order valence-electron chi connectivity index (χ3n) is 2.67. The van der Waals surface area contributed by atoms with Crippen LogP contribution in [0.5, 0.6) is 0 Å². The summed E-state index contributed by atoms with van der Waals surface area (Å²) in [5, 5.41) is 8.86. The number of hydrogen-bond donors (Lipinski definition) is 1. The van der Waals surface area contributed by atoms with Gasteiger partial charge < -0.3 is 5.32 Å². The molecule has 0 aliphatic rings. The second-order valence-electron chi connectivity index (χ2n) is 3.98. The second-order valence-corrected chi connectivity index (χ2v) is 5.01. The number of rotatable bonds is 4. The normalized spacial score (nSPS) is 10.4. The van der Waals surface area contributed by atoms with Crippen molar-refractivity contribution in [1.29, 1.82) is 0 Å². The maximum atomic E-state index is 12.2. The van der Waals surface area contributed by atoms with Crippen LogP contribution >= 0.6 is 11.3 Å². The van der Waals surface area contributed by atoms with Gasteiger partial charge in [-0.2, -0.15) is 5.10 Å². The van der Waals surface area contributed by atoms with E-state index in [4.69, 9.17) is 0 Å². The molecule has 3 rings (SSSR count). The van der Waals surface area contributed by atoms with Crippen LogP contribution in [0.25, 0.3) is 5.82 Å². The highest BCUT2D eigenvalue weighted by Gasteiger charge is 2.13. The van der Waals surface area contributed by atoms with Gasteiger partial charge in [0.1, 0.15) is 12.7 Å². The van der Waals surface area contributed by atoms with Crippen molar-refractivity contribution >= 4 is 17.2 Å². The van der Waals surface area contributed by atoms with Gasteiger partial charge in [-0.1, -0.05) is 6.07 Å². The zero-order valence-electron chi connectivity index (χ0n) is 10.4. The highest BCUT2D eigenvalue weighted by molar-refractivity contribution is 7.09.